The number of carbonyl (C=O) groups is 2. The van der Waals surface area contributed by atoms with Crippen LogP contribution >= 0.6 is 0 Å². The Morgan fingerprint density at radius 1 is 1.05 bits per heavy atom. The number of rotatable bonds is 10. The van der Waals surface area contributed by atoms with E-state index in [4.69, 9.17) is 23.7 Å². The number of fused-ring (bicyclic) bond motifs is 1. The lowest BCUT2D eigenvalue weighted by molar-refractivity contribution is -0.214. The molecule has 0 aromatic heterocycles. The number of aliphatic carboxylic acids is 1. The SMILES string of the molecule is C[Si](C)(C)CCOCO[C@]1(C(=O)O)C[C@@H](OC(=O)/C=C/c2ccc(O)c(O)c2O)[C@@H]2OC3(CCCCC3)O[C@@H]2C1. The van der Waals surface area contributed by atoms with Gasteiger partial charge in [0.1, 0.15) is 19.0 Å². The fourth-order valence-electron chi connectivity index (χ4n) is 5.46. The summed E-state index contributed by atoms with van der Waals surface area (Å²) in [6.45, 7) is 6.89. The molecule has 12 heteroatoms. The summed E-state index contributed by atoms with van der Waals surface area (Å²) in [5, 5.41) is 39.6. The molecule has 1 aliphatic heterocycles. The predicted octanol–water partition coefficient (Wildman–Crippen LogP) is 4.12. The maximum atomic E-state index is 12.9. The smallest absolute Gasteiger partial charge is 0.336 e. The van der Waals surface area contributed by atoms with Crippen LogP contribution in [0, 0.1) is 0 Å². The number of phenols is 3. The van der Waals surface area contributed by atoms with Crippen molar-refractivity contribution in [1.82, 2.24) is 0 Å². The second-order valence-electron chi connectivity index (χ2n) is 12.1. The molecule has 4 atom stereocenters. The van der Waals surface area contributed by atoms with E-state index < -0.39 is 67.0 Å². The summed E-state index contributed by atoms with van der Waals surface area (Å²) in [5.74, 6) is -4.66. The maximum Gasteiger partial charge on any atom is 0.336 e. The van der Waals surface area contributed by atoms with Gasteiger partial charge < -0.3 is 44.1 Å². The van der Waals surface area contributed by atoms with Gasteiger partial charge in [0.25, 0.3) is 0 Å². The van der Waals surface area contributed by atoms with E-state index in [9.17, 15) is 30.0 Å². The van der Waals surface area contributed by atoms with E-state index in [2.05, 4.69) is 19.6 Å². The topological polar surface area (TPSA) is 161 Å². The summed E-state index contributed by atoms with van der Waals surface area (Å²) in [7, 11) is -1.34. The summed E-state index contributed by atoms with van der Waals surface area (Å²) in [5.41, 5.74) is -1.63. The van der Waals surface area contributed by atoms with E-state index in [0.29, 0.717) is 19.4 Å². The molecule has 222 valence electrons. The molecule has 11 nitrogen and oxygen atoms in total. The Hall–Kier alpha value is -2.64. The Kier molecular flexibility index (Phi) is 9.15. The average Bonchev–Trinajstić information content (AvgIpc) is 3.23. The highest BCUT2D eigenvalue weighted by Crippen LogP contribution is 2.48. The van der Waals surface area contributed by atoms with Crippen LogP contribution in [0.5, 0.6) is 17.2 Å². The van der Waals surface area contributed by atoms with Gasteiger partial charge in [-0.2, -0.15) is 0 Å². The first-order valence-corrected chi connectivity index (χ1v) is 17.5. The molecule has 4 rings (SSSR count). The number of hydrogen-bond acceptors (Lipinski definition) is 10. The van der Waals surface area contributed by atoms with E-state index in [1.165, 1.54) is 18.2 Å². The minimum absolute atomic E-state index is 0.0245. The third-order valence-electron chi connectivity index (χ3n) is 7.76. The van der Waals surface area contributed by atoms with Gasteiger partial charge in [-0.05, 0) is 37.1 Å². The number of carboxylic acid groups (broad SMARTS) is 1. The zero-order valence-corrected chi connectivity index (χ0v) is 24.3. The summed E-state index contributed by atoms with van der Waals surface area (Å²) in [6.07, 6.45) is 4.04. The lowest BCUT2D eigenvalue weighted by atomic mass is 9.79. The molecule has 2 saturated carbocycles. The summed E-state index contributed by atoms with van der Waals surface area (Å²) < 4.78 is 30.0. The van der Waals surface area contributed by atoms with Gasteiger partial charge in [0, 0.05) is 52.0 Å². The van der Waals surface area contributed by atoms with Gasteiger partial charge in [0.15, 0.2) is 22.9 Å². The van der Waals surface area contributed by atoms with E-state index in [-0.39, 0.29) is 25.2 Å². The monoisotopic (exact) mass is 580 g/mol. The summed E-state index contributed by atoms with van der Waals surface area (Å²) in [6, 6.07) is 3.39. The second-order valence-corrected chi connectivity index (χ2v) is 17.7. The maximum absolute atomic E-state index is 12.9. The van der Waals surface area contributed by atoms with Crippen molar-refractivity contribution in [2.45, 2.75) is 100 Å². The fraction of sp³-hybridized carbons (Fsp3) is 0.643. The molecule has 1 aromatic rings. The van der Waals surface area contributed by atoms with Crippen molar-refractivity contribution in [3.63, 3.8) is 0 Å². The molecule has 3 fully saturated rings. The van der Waals surface area contributed by atoms with E-state index in [1.807, 2.05) is 0 Å². The van der Waals surface area contributed by atoms with Gasteiger partial charge in [-0.15, -0.1) is 0 Å². The number of carboxylic acids is 1. The van der Waals surface area contributed by atoms with Crippen LogP contribution in [0.3, 0.4) is 0 Å². The van der Waals surface area contributed by atoms with Crippen LogP contribution in [0.1, 0.15) is 50.5 Å². The standard InChI is InChI=1S/C28H40O11Si/c1-40(2,3)14-13-35-17-36-27(26(33)34)15-20(25-21(16-27)38-28(39-25)11-5-4-6-12-28)37-22(30)10-8-18-7-9-19(29)24(32)23(18)31/h7-10,20-21,25,29,31-32H,4-6,11-17H2,1-3H3,(H,33,34)/b10-8+/t20-,21-,25+,27-/m1/s1. The summed E-state index contributed by atoms with van der Waals surface area (Å²) >= 11 is 0. The molecule has 2 aliphatic carbocycles. The molecule has 1 spiro atoms. The molecule has 1 heterocycles. The largest absolute Gasteiger partial charge is 0.504 e. The number of hydrogen-bond donors (Lipinski definition) is 4. The van der Waals surface area contributed by atoms with E-state index >= 15 is 0 Å². The van der Waals surface area contributed by atoms with E-state index in [0.717, 1.165) is 31.4 Å². The molecule has 40 heavy (non-hydrogen) atoms. The Bertz CT molecular complexity index is 1110. The lowest BCUT2D eigenvalue weighted by Gasteiger charge is -2.41. The number of aromatic hydroxyl groups is 3. The number of phenolic OH excluding ortho intramolecular Hbond substituents is 3. The van der Waals surface area contributed by atoms with E-state index in [1.54, 1.807) is 0 Å². The van der Waals surface area contributed by atoms with Gasteiger partial charge in [-0.1, -0.05) is 26.1 Å². The first-order valence-electron chi connectivity index (χ1n) is 13.8. The lowest BCUT2D eigenvalue weighted by Crippen LogP contribution is -2.57. The minimum Gasteiger partial charge on any atom is -0.504 e. The van der Waals surface area contributed by atoms with Crippen LogP contribution in [0.2, 0.25) is 25.7 Å². The number of carbonyl (C=O) groups excluding carboxylic acids is 1. The van der Waals surface area contributed by atoms with Crippen LogP contribution in [0.15, 0.2) is 18.2 Å². The molecule has 0 radical (unpaired) electrons. The Morgan fingerprint density at radius 2 is 1.77 bits per heavy atom. The van der Waals surface area contributed by atoms with Crippen molar-refractivity contribution < 1.29 is 53.7 Å². The normalized spacial score (nSPS) is 28.0. The molecule has 3 aliphatic rings. The Balaban J connectivity index is 1.51. The zero-order chi connectivity index (χ0) is 29.1. The third-order valence-corrected chi connectivity index (χ3v) is 9.46. The predicted molar refractivity (Wildman–Crippen MR) is 146 cm³/mol. The van der Waals surface area contributed by atoms with Crippen LogP contribution in [-0.4, -0.2) is 83.5 Å². The highest BCUT2D eigenvalue weighted by molar-refractivity contribution is 6.76. The number of benzene rings is 1. The first kappa shape index (κ1) is 30.3. The molecule has 1 aromatic carbocycles. The molecule has 0 bridgehead atoms. The van der Waals surface area contributed by atoms with Crippen LogP contribution in [0.25, 0.3) is 6.08 Å². The van der Waals surface area contributed by atoms with Crippen molar-refractivity contribution in [2.75, 3.05) is 13.4 Å². The minimum atomic E-state index is -1.71. The molecule has 0 amide bonds. The Morgan fingerprint density at radius 3 is 2.45 bits per heavy atom. The number of esters is 1. The molecular formula is C28H40O11Si. The van der Waals surface area contributed by atoms with Gasteiger partial charge in [-0.25, -0.2) is 9.59 Å². The summed E-state index contributed by atoms with van der Waals surface area (Å²) in [4.78, 5) is 25.5. The van der Waals surface area contributed by atoms with Crippen molar-refractivity contribution in [3.05, 3.63) is 23.8 Å². The molecular weight excluding hydrogens is 540 g/mol. The van der Waals surface area contributed by atoms with Crippen LogP contribution in [0.4, 0.5) is 0 Å². The van der Waals surface area contributed by atoms with Gasteiger partial charge in [0.2, 0.25) is 5.75 Å². The average molecular weight is 581 g/mol. The molecule has 4 N–H and O–H groups in total. The zero-order valence-electron chi connectivity index (χ0n) is 23.3. The molecule has 1 saturated heterocycles. The van der Waals surface area contributed by atoms with Crippen molar-refractivity contribution in [2.24, 2.45) is 0 Å². The van der Waals surface area contributed by atoms with Gasteiger partial charge in [0.05, 0.1) is 6.10 Å². The third kappa shape index (κ3) is 6.97. The number of ether oxygens (including phenoxy) is 5. The van der Waals surface area contributed by atoms with Crippen molar-refractivity contribution in [3.8, 4) is 17.2 Å². The Labute approximate surface area is 234 Å². The second kappa shape index (κ2) is 12.1. The quantitative estimate of drug-likeness (QED) is 0.0787. The van der Waals surface area contributed by atoms with Crippen LogP contribution < -0.4 is 0 Å². The fourth-order valence-corrected chi connectivity index (χ4v) is 6.22. The van der Waals surface area contributed by atoms with Crippen molar-refractivity contribution >= 4 is 26.1 Å². The van der Waals surface area contributed by atoms with Gasteiger partial charge in [-0.3, -0.25) is 0 Å². The highest BCUT2D eigenvalue weighted by Gasteiger charge is 2.61. The highest BCUT2D eigenvalue weighted by atomic mass is 28.3. The molecule has 0 unspecified atom stereocenters. The van der Waals surface area contributed by atoms with Crippen molar-refractivity contribution in [1.29, 1.82) is 0 Å². The first-order chi connectivity index (χ1) is 18.8. The van der Waals surface area contributed by atoms with Crippen LogP contribution in [-0.2, 0) is 33.3 Å². The van der Waals surface area contributed by atoms with Gasteiger partial charge >= 0.3 is 11.9 Å².